The van der Waals surface area contributed by atoms with Crippen LogP contribution in [0.15, 0.2) is 48.5 Å². The monoisotopic (exact) mass is 340 g/mol. The van der Waals surface area contributed by atoms with Gasteiger partial charge in [0.15, 0.2) is 6.61 Å². The summed E-state index contributed by atoms with van der Waals surface area (Å²) in [7, 11) is 1.57. The summed E-state index contributed by atoms with van der Waals surface area (Å²) in [5.41, 5.74) is 2.42. The quantitative estimate of drug-likeness (QED) is 0.809. The van der Waals surface area contributed by atoms with Gasteiger partial charge in [-0.05, 0) is 54.3 Å². The van der Waals surface area contributed by atoms with Crippen LogP contribution >= 0.6 is 0 Å². The highest BCUT2D eigenvalue weighted by Crippen LogP contribution is 2.21. The highest BCUT2D eigenvalue weighted by molar-refractivity contribution is 5.95. The third kappa shape index (κ3) is 5.35. The fourth-order valence-electron chi connectivity index (χ4n) is 2.32. The molecule has 0 saturated carbocycles. The first-order valence-corrected chi connectivity index (χ1v) is 8.38. The predicted molar refractivity (Wildman–Crippen MR) is 99.1 cm³/mol. The van der Waals surface area contributed by atoms with Crippen molar-refractivity contribution in [3.8, 4) is 5.75 Å². The average molecular weight is 340 g/mol. The lowest BCUT2D eigenvalue weighted by atomic mass is 9.99. The zero-order valence-corrected chi connectivity index (χ0v) is 14.8. The number of benzene rings is 2. The van der Waals surface area contributed by atoms with Gasteiger partial charge in [0.1, 0.15) is 5.75 Å². The molecule has 0 spiro atoms. The molecule has 0 fully saturated rings. The number of carbonyl (C=O) groups is 2. The van der Waals surface area contributed by atoms with Crippen LogP contribution in [0.4, 0.5) is 5.69 Å². The molecule has 25 heavy (non-hydrogen) atoms. The van der Waals surface area contributed by atoms with E-state index in [9.17, 15) is 9.59 Å². The van der Waals surface area contributed by atoms with Gasteiger partial charge in [-0.15, -0.1) is 0 Å². The zero-order valence-electron chi connectivity index (χ0n) is 14.8. The number of ether oxygens (including phenoxy) is 1. The summed E-state index contributed by atoms with van der Waals surface area (Å²) in [4.78, 5) is 23.4. The molecule has 0 aliphatic heterocycles. The Labute approximate surface area is 148 Å². The molecule has 0 radical (unpaired) electrons. The Morgan fingerprint density at radius 3 is 2.24 bits per heavy atom. The largest absolute Gasteiger partial charge is 0.484 e. The summed E-state index contributed by atoms with van der Waals surface area (Å²) in [6.45, 7) is 4.26. The Morgan fingerprint density at radius 2 is 1.68 bits per heavy atom. The summed E-state index contributed by atoms with van der Waals surface area (Å²) in [5, 5.41) is 5.29. The van der Waals surface area contributed by atoms with Gasteiger partial charge in [0.05, 0.1) is 0 Å². The predicted octanol–water partition coefficient (Wildman–Crippen LogP) is 3.58. The highest BCUT2D eigenvalue weighted by Gasteiger charge is 2.07. The van der Waals surface area contributed by atoms with Gasteiger partial charge in [-0.3, -0.25) is 9.59 Å². The fraction of sp³-hybridized carbons (Fsp3) is 0.300. The molecule has 2 N–H and O–H groups in total. The Hall–Kier alpha value is -2.82. The Balaban J connectivity index is 1.85. The van der Waals surface area contributed by atoms with Gasteiger partial charge in [-0.25, -0.2) is 0 Å². The first-order valence-electron chi connectivity index (χ1n) is 8.38. The number of nitrogens with one attached hydrogen (secondary N) is 2. The van der Waals surface area contributed by atoms with Crippen molar-refractivity contribution in [3.63, 3.8) is 0 Å². The van der Waals surface area contributed by atoms with Gasteiger partial charge in [0, 0.05) is 18.3 Å². The summed E-state index contributed by atoms with van der Waals surface area (Å²) in [6, 6.07) is 14.5. The molecule has 5 heteroatoms. The van der Waals surface area contributed by atoms with E-state index in [-0.39, 0.29) is 18.4 Å². The minimum absolute atomic E-state index is 0.0696. The lowest BCUT2D eigenvalue weighted by Gasteiger charge is -2.11. The van der Waals surface area contributed by atoms with Crippen LogP contribution in [0.25, 0.3) is 0 Å². The zero-order chi connectivity index (χ0) is 18.2. The van der Waals surface area contributed by atoms with Crippen LogP contribution in [0.5, 0.6) is 5.75 Å². The number of anilines is 1. The lowest BCUT2D eigenvalue weighted by molar-refractivity contribution is -0.118. The van der Waals surface area contributed by atoms with Crippen molar-refractivity contribution >= 4 is 17.5 Å². The van der Waals surface area contributed by atoms with Crippen LogP contribution in [0.1, 0.15) is 42.1 Å². The van der Waals surface area contributed by atoms with Gasteiger partial charge < -0.3 is 15.4 Å². The molecule has 0 bridgehead atoms. The van der Waals surface area contributed by atoms with Gasteiger partial charge in [-0.1, -0.05) is 26.0 Å². The van der Waals surface area contributed by atoms with E-state index in [1.807, 2.05) is 24.3 Å². The molecule has 0 saturated heterocycles. The van der Waals surface area contributed by atoms with E-state index in [1.165, 1.54) is 5.56 Å². The van der Waals surface area contributed by atoms with Crippen LogP contribution in [0, 0.1) is 0 Å². The third-order valence-corrected chi connectivity index (χ3v) is 4.09. The maximum Gasteiger partial charge on any atom is 0.262 e. The maximum absolute atomic E-state index is 12.0. The third-order valence-electron chi connectivity index (χ3n) is 4.09. The van der Waals surface area contributed by atoms with Crippen molar-refractivity contribution in [3.05, 3.63) is 59.7 Å². The van der Waals surface area contributed by atoms with Crippen molar-refractivity contribution in [2.45, 2.75) is 26.2 Å². The van der Waals surface area contributed by atoms with Crippen molar-refractivity contribution in [2.75, 3.05) is 19.0 Å². The molecule has 2 aromatic rings. The molecule has 0 aliphatic rings. The van der Waals surface area contributed by atoms with E-state index in [1.54, 1.807) is 31.3 Å². The molecule has 2 aromatic carbocycles. The molecular weight excluding hydrogens is 316 g/mol. The summed E-state index contributed by atoms with van der Waals surface area (Å²) in [5.74, 6) is 0.757. The number of hydrogen-bond donors (Lipinski definition) is 2. The van der Waals surface area contributed by atoms with Crippen molar-refractivity contribution in [1.29, 1.82) is 0 Å². The van der Waals surface area contributed by atoms with Gasteiger partial charge in [-0.2, -0.15) is 0 Å². The molecular formula is C20H24N2O3. The molecule has 0 heterocycles. The van der Waals surface area contributed by atoms with Crippen LogP contribution in [0.3, 0.4) is 0 Å². The van der Waals surface area contributed by atoms with E-state index in [4.69, 9.17) is 4.74 Å². The van der Waals surface area contributed by atoms with Crippen LogP contribution in [0.2, 0.25) is 0 Å². The van der Waals surface area contributed by atoms with Gasteiger partial charge >= 0.3 is 0 Å². The van der Waals surface area contributed by atoms with Crippen LogP contribution in [-0.4, -0.2) is 25.5 Å². The van der Waals surface area contributed by atoms with Gasteiger partial charge in [0.2, 0.25) is 0 Å². The second-order valence-corrected chi connectivity index (χ2v) is 5.87. The molecule has 0 aliphatic carbocycles. The first kappa shape index (κ1) is 18.5. The van der Waals surface area contributed by atoms with Gasteiger partial charge in [0.25, 0.3) is 11.8 Å². The summed E-state index contributed by atoms with van der Waals surface area (Å²) >= 11 is 0. The Morgan fingerprint density at radius 1 is 1.04 bits per heavy atom. The number of amides is 2. The number of carbonyl (C=O) groups excluding carboxylic acids is 2. The second-order valence-electron chi connectivity index (χ2n) is 5.87. The Bertz CT molecular complexity index is 709. The SMILES string of the molecule is CCC(C)c1ccc(OCC(=O)Nc2ccc(C(=O)NC)cc2)cc1. The molecule has 0 aromatic heterocycles. The molecule has 5 nitrogen and oxygen atoms in total. The van der Waals surface area contributed by atoms with E-state index in [0.29, 0.717) is 22.9 Å². The second kappa shape index (κ2) is 8.87. The summed E-state index contributed by atoms with van der Waals surface area (Å²) in [6.07, 6.45) is 1.08. The standard InChI is InChI=1S/C20H24N2O3/c1-4-14(2)15-7-11-18(12-8-15)25-13-19(23)22-17-9-5-16(6-10-17)20(24)21-3/h5-12,14H,4,13H2,1-3H3,(H,21,24)(H,22,23). The highest BCUT2D eigenvalue weighted by atomic mass is 16.5. The van der Waals surface area contributed by atoms with Crippen molar-refractivity contribution < 1.29 is 14.3 Å². The topological polar surface area (TPSA) is 67.4 Å². The van der Waals surface area contributed by atoms with E-state index < -0.39 is 0 Å². The molecule has 132 valence electrons. The van der Waals surface area contributed by atoms with Crippen molar-refractivity contribution in [1.82, 2.24) is 5.32 Å². The molecule has 2 rings (SSSR count). The lowest BCUT2D eigenvalue weighted by Crippen LogP contribution is -2.20. The fourth-order valence-corrected chi connectivity index (χ4v) is 2.32. The van der Waals surface area contributed by atoms with Crippen LogP contribution in [-0.2, 0) is 4.79 Å². The van der Waals surface area contributed by atoms with E-state index in [2.05, 4.69) is 24.5 Å². The minimum Gasteiger partial charge on any atom is -0.484 e. The number of hydrogen-bond acceptors (Lipinski definition) is 3. The minimum atomic E-state index is -0.251. The van der Waals surface area contributed by atoms with Crippen LogP contribution < -0.4 is 15.4 Å². The molecule has 1 unspecified atom stereocenters. The maximum atomic E-state index is 12.0. The first-order chi connectivity index (χ1) is 12.0. The summed E-state index contributed by atoms with van der Waals surface area (Å²) < 4.78 is 5.51. The number of rotatable bonds is 7. The smallest absolute Gasteiger partial charge is 0.262 e. The normalized spacial score (nSPS) is 11.5. The molecule has 2 amide bonds. The molecule has 1 atom stereocenters. The van der Waals surface area contributed by atoms with Crippen molar-refractivity contribution in [2.24, 2.45) is 0 Å². The average Bonchev–Trinajstić information content (AvgIpc) is 2.66. The van der Waals surface area contributed by atoms with E-state index in [0.717, 1.165) is 6.42 Å². The van der Waals surface area contributed by atoms with E-state index >= 15 is 0 Å². The Kier molecular flexibility index (Phi) is 6.57.